The Balaban J connectivity index is 2.09. The molecule has 0 bridgehead atoms. The second kappa shape index (κ2) is 5.98. The number of nitrogens with two attached hydrogens (primary N) is 2. The molecule has 2 rings (SSSR count). The smallest absolute Gasteiger partial charge is 0.243 e. The fraction of sp³-hybridized carbons (Fsp3) is 0.462. The lowest BCUT2D eigenvalue weighted by Gasteiger charge is -2.27. The maximum absolute atomic E-state index is 13.7. The first-order valence-corrected chi connectivity index (χ1v) is 8.14. The topological polar surface area (TPSA) is 115 Å². The molecule has 0 unspecified atom stereocenters. The average Bonchev–Trinajstić information content (AvgIpc) is 2.41. The van der Waals surface area contributed by atoms with Gasteiger partial charge in [-0.2, -0.15) is 0 Å². The molecule has 1 saturated carbocycles. The maximum Gasteiger partial charge on any atom is 0.243 e. The highest BCUT2D eigenvalue weighted by Crippen LogP contribution is 2.26. The van der Waals surface area contributed by atoms with E-state index in [0.29, 0.717) is 25.7 Å². The number of carbonyl (C=O) groups is 1. The quantitative estimate of drug-likeness (QED) is 0.710. The number of halogens is 1. The Morgan fingerprint density at radius 3 is 2.43 bits per heavy atom. The van der Waals surface area contributed by atoms with E-state index in [-0.39, 0.29) is 23.6 Å². The first kappa shape index (κ1) is 15.7. The monoisotopic (exact) mass is 315 g/mol. The fourth-order valence-electron chi connectivity index (χ4n) is 2.50. The van der Waals surface area contributed by atoms with Gasteiger partial charge in [0.2, 0.25) is 15.9 Å². The Morgan fingerprint density at radius 2 is 1.86 bits per heavy atom. The van der Waals surface area contributed by atoms with Crippen molar-refractivity contribution in [2.24, 2.45) is 11.7 Å². The SMILES string of the molecule is NC(=O)C1CCC(NS(=O)(=O)c2cc(N)ccc2F)CC1. The minimum Gasteiger partial charge on any atom is -0.399 e. The first-order chi connectivity index (χ1) is 9.79. The van der Waals surface area contributed by atoms with Gasteiger partial charge in [0.05, 0.1) is 0 Å². The van der Waals surface area contributed by atoms with E-state index in [0.717, 1.165) is 12.1 Å². The largest absolute Gasteiger partial charge is 0.399 e. The summed E-state index contributed by atoms with van der Waals surface area (Å²) >= 11 is 0. The highest BCUT2D eigenvalue weighted by Gasteiger charge is 2.29. The van der Waals surface area contributed by atoms with Crippen LogP contribution in [0.1, 0.15) is 25.7 Å². The van der Waals surface area contributed by atoms with E-state index in [1.165, 1.54) is 6.07 Å². The zero-order valence-corrected chi connectivity index (χ0v) is 12.2. The predicted octanol–water partition coefficient (Wildman–Crippen LogP) is 0.730. The number of primary amides is 1. The molecule has 1 aromatic carbocycles. The van der Waals surface area contributed by atoms with Crippen molar-refractivity contribution in [3.63, 3.8) is 0 Å². The standard InChI is InChI=1S/C13H18FN3O3S/c14-11-6-3-9(15)7-12(11)21(19,20)17-10-4-1-8(2-5-10)13(16)18/h3,6-8,10,17H,1-2,4-5,15H2,(H2,16,18). The molecular formula is C13H18FN3O3S. The lowest BCUT2D eigenvalue weighted by Crippen LogP contribution is -2.40. The highest BCUT2D eigenvalue weighted by molar-refractivity contribution is 7.89. The number of anilines is 1. The third-order valence-electron chi connectivity index (χ3n) is 3.70. The van der Waals surface area contributed by atoms with Crippen LogP contribution in [-0.2, 0) is 14.8 Å². The Labute approximate surface area is 122 Å². The van der Waals surface area contributed by atoms with Gasteiger partial charge in [0, 0.05) is 17.6 Å². The summed E-state index contributed by atoms with van der Waals surface area (Å²) in [5, 5.41) is 0. The third-order valence-corrected chi connectivity index (χ3v) is 5.23. The molecule has 21 heavy (non-hydrogen) atoms. The second-order valence-electron chi connectivity index (χ2n) is 5.26. The average molecular weight is 315 g/mol. The van der Waals surface area contributed by atoms with E-state index >= 15 is 0 Å². The summed E-state index contributed by atoms with van der Waals surface area (Å²) in [7, 11) is -3.97. The molecule has 6 nitrogen and oxygen atoms in total. The van der Waals surface area contributed by atoms with E-state index in [2.05, 4.69) is 4.72 Å². The Bertz CT molecular complexity index is 640. The van der Waals surface area contributed by atoms with Gasteiger partial charge in [0.1, 0.15) is 10.7 Å². The van der Waals surface area contributed by atoms with E-state index in [1.54, 1.807) is 0 Å². The van der Waals surface area contributed by atoms with Crippen LogP contribution in [-0.4, -0.2) is 20.4 Å². The van der Waals surface area contributed by atoms with Crippen LogP contribution in [0, 0.1) is 11.7 Å². The lowest BCUT2D eigenvalue weighted by atomic mass is 9.86. The van der Waals surface area contributed by atoms with E-state index < -0.39 is 20.7 Å². The number of sulfonamides is 1. The molecule has 0 atom stereocenters. The third kappa shape index (κ3) is 3.70. The summed E-state index contributed by atoms with van der Waals surface area (Å²) in [6, 6.07) is 3.08. The summed E-state index contributed by atoms with van der Waals surface area (Å²) in [4.78, 5) is 10.6. The minimum atomic E-state index is -3.97. The van der Waals surface area contributed by atoms with Gasteiger partial charge in [0.25, 0.3) is 0 Å². The minimum absolute atomic E-state index is 0.175. The molecule has 116 valence electrons. The summed E-state index contributed by atoms with van der Waals surface area (Å²) in [6.45, 7) is 0. The summed E-state index contributed by atoms with van der Waals surface area (Å²) < 4.78 is 40.5. The van der Waals surface area contributed by atoms with Crippen LogP contribution in [0.25, 0.3) is 0 Å². The van der Waals surface area contributed by atoms with Crippen molar-refractivity contribution in [1.82, 2.24) is 4.72 Å². The molecule has 0 aromatic heterocycles. The lowest BCUT2D eigenvalue weighted by molar-refractivity contribution is -0.122. The van der Waals surface area contributed by atoms with E-state index in [4.69, 9.17) is 11.5 Å². The van der Waals surface area contributed by atoms with Crippen molar-refractivity contribution >= 4 is 21.6 Å². The number of nitrogens with one attached hydrogen (secondary N) is 1. The molecule has 1 aromatic rings. The van der Waals surface area contributed by atoms with Crippen LogP contribution in [0.5, 0.6) is 0 Å². The van der Waals surface area contributed by atoms with Crippen LogP contribution >= 0.6 is 0 Å². The molecular weight excluding hydrogens is 297 g/mol. The zero-order chi connectivity index (χ0) is 15.6. The van der Waals surface area contributed by atoms with Crippen LogP contribution in [0.3, 0.4) is 0 Å². The Kier molecular flexibility index (Phi) is 4.48. The van der Waals surface area contributed by atoms with Crippen LogP contribution in [0.4, 0.5) is 10.1 Å². The van der Waals surface area contributed by atoms with Crippen LogP contribution < -0.4 is 16.2 Å². The van der Waals surface area contributed by atoms with Gasteiger partial charge in [0.15, 0.2) is 0 Å². The number of hydrogen-bond acceptors (Lipinski definition) is 4. The Hall–Kier alpha value is -1.67. The number of rotatable bonds is 4. The van der Waals surface area contributed by atoms with Crippen molar-refractivity contribution in [3.05, 3.63) is 24.0 Å². The normalized spacial score (nSPS) is 22.9. The number of nitrogen functional groups attached to an aromatic ring is 1. The predicted molar refractivity (Wildman–Crippen MR) is 76.1 cm³/mol. The van der Waals surface area contributed by atoms with Crippen molar-refractivity contribution < 1.29 is 17.6 Å². The molecule has 8 heteroatoms. The fourth-order valence-corrected chi connectivity index (χ4v) is 3.92. The highest BCUT2D eigenvalue weighted by atomic mass is 32.2. The van der Waals surface area contributed by atoms with Gasteiger partial charge in [-0.3, -0.25) is 4.79 Å². The Morgan fingerprint density at radius 1 is 1.24 bits per heavy atom. The van der Waals surface area contributed by atoms with Crippen molar-refractivity contribution in [2.45, 2.75) is 36.6 Å². The van der Waals surface area contributed by atoms with Crippen molar-refractivity contribution in [1.29, 1.82) is 0 Å². The van der Waals surface area contributed by atoms with Gasteiger partial charge in [-0.05, 0) is 43.9 Å². The number of amides is 1. The second-order valence-corrected chi connectivity index (χ2v) is 6.94. The van der Waals surface area contributed by atoms with Gasteiger partial charge in [-0.15, -0.1) is 0 Å². The van der Waals surface area contributed by atoms with Gasteiger partial charge >= 0.3 is 0 Å². The number of hydrogen-bond donors (Lipinski definition) is 3. The summed E-state index contributed by atoms with van der Waals surface area (Å²) in [5.74, 6) is -1.42. The van der Waals surface area contributed by atoms with Gasteiger partial charge in [-0.1, -0.05) is 0 Å². The molecule has 1 fully saturated rings. The molecule has 1 aliphatic carbocycles. The van der Waals surface area contributed by atoms with E-state index in [1.807, 2.05) is 0 Å². The molecule has 1 aliphatic rings. The molecule has 1 amide bonds. The molecule has 0 heterocycles. The van der Waals surface area contributed by atoms with Gasteiger partial charge in [-0.25, -0.2) is 17.5 Å². The first-order valence-electron chi connectivity index (χ1n) is 6.66. The molecule has 5 N–H and O–H groups in total. The molecule has 0 radical (unpaired) electrons. The summed E-state index contributed by atoms with van der Waals surface area (Å²) in [5.41, 5.74) is 10.9. The van der Waals surface area contributed by atoms with E-state index in [9.17, 15) is 17.6 Å². The van der Waals surface area contributed by atoms with Crippen LogP contribution in [0.2, 0.25) is 0 Å². The molecule has 0 spiro atoms. The number of benzene rings is 1. The molecule has 0 aliphatic heterocycles. The molecule has 0 saturated heterocycles. The van der Waals surface area contributed by atoms with Gasteiger partial charge < -0.3 is 11.5 Å². The maximum atomic E-state index is 13.7. The summed E-state index contributed by atoms with van der Waals surface area (Å²) in [6.07, 6.45) is 2.05. The van der Waals surface area contributed by atoms with Crippen molar-refractivity contribution in [2.75, 3.05) is 5.73 Å². The van der Waals surface area contributed by atoms with Crippen LogP contribution in [0.15, 0.2) is 23.1 Å². The number of carbonyl (C=O) groups excluding carboxylic acids is 1. The zero-order valence-electron chi connectivity index (χ0n) is 11.4. The van der Waals surface area contributed by atoms with Crippen molar-refractivity contribution in [3.8, 4) is 0 Å².